The molecule has 0 heterocycles. The molecular weight excluding hydrogens is 264 g/mol. The summed E-state index contributed by atoms with van der Waals surface area (Å²) in [6, 6.07) is 11.0. The summed E-state index contributed by atoms with van der Waals surface area (Å²) in [4.78, 5) is 1.08. The van der Waals surface area contributed by atoms with E-state index >= 15 is 0 Å². The van der Waals surface area contributed by atoms with E-state index in [1.165, 1.54) is 6.07 Å². The number of anilines is 1. The van der Waals surface area contributed by atoms with Gasteiger partial charge in [0.1, 0.15) is 11.6 Å². The first-order valence-electron chi connectivity index (χ1n) is 5.96. The maximum atomic E-state index is 13.7. The fourth-order valence-corrected chi connectivity index (χ4v) is 2.48. The highest BCUT2D eigenvalue weighted by Crippen LogP contribution is 2.29. The van der Waals surface area contributed by atoms with Crippen LogP contribution < -0.4 is 5.32 Å². The topological polar surface area (TPSA) is 12.0 Å². The van der Waals surface area contributed by atoms with E-state index in [4.69, 9.17) is 0 Å². The predicted molar refractivity (Wildman–Crippen MR) is 76.6 cm³/mol. The van der Waals surface area contributed by atoms with Gasteiger partial charge in [0.2, 0.25) is 0 Å². The Balaban J connectivity index is 2.25. The largest absolute Gasteiger partial charge is 0.378 e. The van der Waals surface area contributed by atoms with E-state index in [1.807, 2.05) is 37.4 Å². The highest BCUT2D eigenvalue weighted by molar-refractivity contribution is 7.98. The summed E-state index contributed by atoms with van der Waals surface area (Å²) in [6.45, 7) is 1.81. The lowest BCUT2D eigenvalue weighted by Crippen LogP contribution is -2.09. The van der Waals surface area contributed by atoms with Gasteiger partial charge in [0.25, 0.3) is 0 Å². The van der Waals surface area contributed by atoms with Gasteiger partial charge in [-0.05, 0) is 43.5 Å². The Labute approximate surface area is 116 Å². The van der Waals surface area contributed by atoms with Gasteiger partial charge >= 0.3 is 0 Å². The standard InChI is InChI=1S/C15H15F2NS/c1-10(12-9-11(16)7-8-13(12)17)18-14-5-3-4-6-15(14)19-2/h3-10,18H,1-2H3. The van der Waals surface area contributed by atoms with Crippen molar-refractivity contribution in [3.8, 4) is 0 Å². The Morgan fingerprint density at radius 1 is 1.11 bits per heavy atom. The zero-order chi connectivity index (χ0) is 13.8. The Bertz CT molecular complexity index is 572. The van der Waals surface area contributed by atoms with Crippen molar-refractivity contribution in [1.29, 1.82) is 0 Å². The molecule has 2 rings (SSSR count). The van der Waals surface area contributed by atoms with Crippen molar-refractivity contribution in [3.05, 3.63) is 59.7 Å². The number of benzene rings is 2. The van der Waals surface area contributed by atoms with Crippen molar-refractivity contribution in [2.75, 3.05) is 11.6 Å². The second-order valence-corrected chi connectivity index (χ2v) is 5.08. The van der Waals surface area contributed by atoms with Gasteiger partial charge in [0, 0.05) is 16.1 Å². The van der Waals surface area contributed by atoms with E-state index in [2.05, 4.69) is 5.32 Å². The van der Waals surface area contributed by atoms with Crippen LogP contribution in [0.5, 0.6) is 0 Å². The normalized spacial score (nSPS) is 12.2. The average Bonchev–Trinajstić information content (AvgIpc) is 2.42. The van der Waals surface area contributed by atoms with Crippen LogP contribution in [0.1, 0.15) is 18.5 Å². The molecular formula is C15H15F2NS. The SMILES string of the molecule is CSc1ccccc1NC(C)c1cc(F)ccc1F. The maximum Gasteiger partial charge on any atom is 0.128 e. The van der Waals surface area contributed by atoms with Crippen molar-refractivity contribution < 1.29 is 8.78 Å². The maximum absolute atomic E-state index is 13.7. The number of hydrogen-bond donors (Lipinski definition) is 1. The van der Waals surface area contributed by atoms with Gasteiger partial charge in [-0.15, -0.1) is 11.8 Å². The zero-order valence-corrected chi connectivity index (χ0v) is 11.6. The van der Waals surface area contributed by atoms with E-state index in [1.54, 1.807) is 11.8 Å². The molecule has 1 N–H and O–H groups in total. The fourth-order valence-electron chi connectivity index (χ4n) is 1.92. The first-order chi connectivity index (χ1) is 9.11. The zero-order valence-electron chi connectivity index (χ0n) is 10.8. The summed E-state index contributed by atoms with van der Waals surface area (Å²) in [5.74, 6) is -0.828. The molecule has 0 bridgehead atoms. The number of halogens is 2. The minimum Gasteiger partial charge on any atom is -0.378 e. The molecule has 1 nitrogen and oxygen atoms in total. The second kappa shape index (κ2) is 6.06. The van der Waals surface area contributed by atoms with Crippen LogP contribution in [-0.4, -0.2) is 6.26 Å². The van der Waals surface area contributed by atoms with E-state index in [0.717, 1.165) is 22.7 Å². The Morgan fingerprint density at radius 2 is 1.84 bits per heavy atom. The van der Waals surface area contributed by atoms with Gasteiger partial charge in [0.05, 0.1) is 6.04 Å². The molecule has 2 aromatic rings. The summed E-state index contributed by atoms with van der Waals surface area (Å²) in [6.07, 6.45) is 1.98. The van der Waals surface area contributed by atoms with Crippen LogP contribution in [0.15, 0.2) is 47.4 Å². The lowest BCUT2D eigenvalue weighted by molar-refractivity contribution is 0.577. The van der Waals surface area contributed by atoms with Crippen LogP contribution in [0.25, 0.3) is 0 Å². The lowest BCUT2D eigenvalue weighted by Gasteiger charge is -2.18. The minimum atomic E-state index is -0.428. The molecule has 0 amide bonds. The first kappa shape index (κ1) is 13.9. The second-order valence-electron chi connectivity index (χ2n) is 4.23. The van der Waals surface area contributed by atoms with Crippen LogP contribution in [-0.2, 0) is 0 Å². The lowest BCUT2D eigenvalue weighted by atomic mass is 10.1. The Morgan fingerprint density at radius 3 is 2.58 bits per heavy atom. The molecule has 0 aliphatic heterocycles. The molecule has 1 atom stereocenters. The minimum absolute atomic E-state index is 0.302. The molecule has 19 heavy (non-hydrogen) atoms. The molecule has 0 aromatic heterocycles. The number of thioether (sulfide) groups is 1. The number of para-hydroxylation sites is 1. The summed E-state index contributed by atoms with van der Waals surface area (Å²) in [7, 11) is 0. The van der Waals surface area contributed by atoms with E-state index < -0.39 is 11.6 Å². The van der Waals surface area contributed by atoms with Gasteiger partial charge in [-0.1, -0.05) is 12.1 Å². The smallest absolute Gasteiger partial charge is 0.128 e. The number of nitrogens with one attached hydrogen (secondary N) is 1. The van der Waals surface area contributed by atoms with Gasteiger partial charge in [0.15, 0.2) is 0 Å². The van der Waals surface area contributed by atoms with Crippen LogP contribution in [0.3, 0.4) is 0 Å². The summed E-state index contributed by atoms with van der Waals surface area (Å²) < 4.78 is 26.9. The molecule has 1 unspecified atom stereocenters. The van der Waals surface area contributed by atoms with Gasteiger partial charge in [-0.2, -0.15) is 0 Å². The van der Waals surface area contributed by atoms with Crippen molar-refractivity contribution >= 4 is 17.4 Å². The molecule has 2 aromatic carbocycles. The van der Waals surface area contributed by atoms with Gasteiger partial charge in [-0.3, -0.25) is 0 Å². The highest BCUT2D eigenvalue weighted by Gasteiger charge is 2.13. The molecule has 0 saturated heterocycles. The van der Waals surface area contributed by atoms with Crippen LogP contribution in [0.4, 0.5) is 14.5 Å². The third-order valence-electron chi connectivity index (χ3n) is 2.90. The van der Waals surface area contributed by atoms with Crippen molar-refractivity contribution in [2.24, 2.45) is 0 Å². The molecule has 0 aliphatic carbocycles. The molecule has 0 spiro atoms. The van der Waals surface area contributed by atoms with Crippen molar-refractivity contribution in [3.63, 3.8) is 0 Å². The molecule has 4 heteroatoms. The van der Waals surface area contributed by atoms with Gasteiger partial charge in [-0.25, -0.2) is 8.78 Å². The number of rotatable bonds is 4. The monoisotopic (exact) mass is 279 g/mol. The average molecular weight is 279 g/mol. The third kappa shape index (κ3) is 3.26. The summed E-state index contributed by atoms with van der Waals surface area (Å²) >= 11 is 1.61. The van der Waals surface area contributed by atoms with E-state index in [0.29, 0.717) is 5.56 Å². The van der Waals surface area contributed by atoms with Crippen LogP contribution >= 0.6 is 11.8 Å². The van der Waals surface area contributed by atoms with Gasteiger partial charge < -0.3 is 5.32 Å². The molecule has 0 saturated carbocycles. The summed E-state index contributed by atoms with van der Waals surface area (Å²) in [5.41, 5.74) is 1.25. The van der Waals surface area contributed by atoms with Crippen LogP contribution in [0.2, 0.25) is 0 Å². The summed E-state index contributed by atoms with van der Waals surface area (Å²) in [5, 5.41) is 3.22. The fraction of sp³-hybridized carbons (Fsp3) is 0.200. The first-order valence-corrected chi connectivity index (χ1v) is 7.19. The van der Waals surface area contributed by atoms with E-state index in [-0.39, 0.29) is 6.04 Å². The molecule has 0 radical (unpaired) electrons. The Hall–Kier alpha value is -1.55. The number of hydrogen-bond acceptors (Lipinski definition) is 2. The third-order valence-corrected chi connectivity index (χ3v) is 3.70. The van der Waals surface area contributed by atoms with Crippen LogP contribution in [0, 0.1) is 11.6 Å². The Kier molecular flexibility index (Phi) is 4.43. The molecule has 100 valence electrons. The van der Waals surface area contributed by atoms with E-state index in [9.17, 15) is 8.78 Å². The molecule has 0 aliphatic rings. The quantitative estimate of drug-likeness (QED) is 0.802. The molecule has 0 fully saturated rings. The van der Waals surface area contributed by atoms with Crippen molar-refractivity contribution in [1.82, 2.24) is 0 Å². The highest BCUT2D eigenvalue weighted by atomic mass is 32.2. The van der Waals surface area contributed by atoms with Crippen molar-refractivity contribution in [2.45, 2.75) is 17.9 Å². The predicted octanol–water partition coefficient (Wildman–Crippen LogP) is 4.86.